The zero-order valence-corrected chi connectivity index (χ0v) is 35.3. The normalized spacial score (nSPS) is 10.6. The van der Waals surface area contributed by atoms with Gasteiger partial charge in [-0.3, -0.25) is 0 Å². The number of hydrogen-bond donors (Lipinski definition) is 0. The van der Waals surface area contributed by atoms with Gasteiger partial charge in [-0.25, -0.2) is 13.7 Å². The molecule has 0 bridgehead atoms. The molecule has 3 heterocycles. The molecule has 0 aliphatic rings. The summed E-state index contributed by atoms with van der Waals surface area (Å²) >= 11 is 0. The van der Waals surface area contributed by atoms with Gasteiger partial charge < -0.3 is 50.9 Å². The summed E-state index contributed by atoms with van der Waals surface area (Å²) in [6, 6.07) is 14.4. The Hall–Kier alpha value is -1.89. The minimum Gasteiger partial charge on any atom is -1.00 e. The largest absolute Gasteiger partial charge is 1.00 e. The van der Waals surface area contributed by atoms with Crippen molar-refractivity contribution < 1.29 is 64.6 Å². The van der Waals surface area contributed by atoms with E-state index in [4.69, 9.17) is 0 Å². The fourth-order valence-corrected chi connectivity index (χ4v) is 7.04. The minimum atomic E-state index is 0. The highest BCUT2D eigenvalue weighted by Crippen LogP contribution is 2.18. The Kier molecular flexibility index (Phi) is 21.6. The van der Waals surface area contributed by atoms with Gasteiger partial charge in [0.2, 0.25) is 0 Å². The zero-order valence-electron chi connectivity index (χ0n) is 30.5. The third-order valence-electron chi connectivity index (χ3n) is 8.84. The number of nitrogens with zero attached hydrogens (tertiary/aromatic N) is 3. The molecule has 4 rings (SSSR count). The first-order valence-electron chi connectivity index (χ1n) is 17.8. The van der Waals surface area contributed by atoms with Gasteiger partial charge in [0.1, 0.15) is 19.6 Å². The van der Waals surface area contributed by atoms with Crippen molar-refractivity contribution in [3.8, 4) is 0 Å². The first-order valence-corrected chi connectivity index (χ1v) is 17.8. The summed E-state index contributed by atoms with van der Waals surface area (Å²) in [6.07, 6.45) is 28.7. The Morgan fingerprint density at radius 3 is 0.771 bits per heavy atom. The molecule has 0 unspecified atom stereocenters. The van der Waals surface area contributed by atoms with Crippen molar-refractivity contribution in [2.24, 2.45) is 0 Å². The van der Waals surface area contributed by atoms with Crippen LogP contribution in [0.4, 0.5) is 0 Å². The van der Waals surface area contributed by atoms with E-state index < -0.39 is 0 Å². The van der Waals surface area contributed by atoms with E-state index in [9.17, 15) is 0 Å². The average molecular weight is 847 g/mol. The molecule has 0 amide bonds. The van der Waals surface area contributed by atoms with E-state index in [2.05, 4.69) is 129 Å². The smallest absolute Gasteiger partial charge is 0.171 e. The molecule has 0 fully saturated rings. The van der Waals surface area contributed by atoms with Gasteiger partial charge in [-0.1, -0.05) is 18.2 Å². The van der Waals surface area contributed by atoms with E-state index in [1.54, 1.807) is 16.7 Å². The van der Waals surface area contributed by atoms with Crippen LogP contribution in [0, 0.1) is 41.5 Å². The Bertz CT molecular complexity index is 1270. The molecule has 0 atom stereocenters. The summed E-state index contributed by atoms with van der Waals surface area (Å²) in [5, 5.41) is 0. The van der Waals surface area contributed by atoms with Crippen molar-refractivity contribution in [3.63, 3.8) is 0 Å². The Balaban J connectivity index is 0.00000384. The lowest BCUT2D eigenvalue weighted by Crippen LogP contribution is -3.00. The molecule has 0 spiro atoms. The van der Waals surface area contributed by atoms with Gasteiger partial charge in [-0.05, 0) is 134 Å². The second kappa shape index (κ2) is 23.5. The van der Waals surface area contributed by atoms with Gasteiger partial charge in [0, 0.05) is 52.6 Å². The predicted molar refractivity (Wildman–Crippen MR) is 187 cm³/mol. The number of hydrogen-bond acceptors (Lipinski definition) is 0. The molecule has 1 aromatic carbocycles. The van der Waals surface area contributed by atoms with Crippen molar-refractivity contribution in [2.45, 2.75) is 138 Å². The summed E-state index contributed by atoms with van der Waals surface area (Å²) in [4.78, 5) is 0. The van der Waals surface area contributed by atoms with Crippen molar-refractivity contribution >= 4 is 0 Å². The predicted octanol–water partition coefficient (Wildman–Crippen LogP) is -0.349. The average Bonchev–Trinajstić information content (AvgIpc) is 2.95. The number of aryl methyl sites for hydroxylation is 12. The van der Waals surface area contributed by atoms with Crippen LogP contribution in [0.2, 0.25) is 0 Å². The Morgan fingerprint density at radius 2 is 0.542 bits per heavy atom. The Labute approximate surface area is 324 Å². The standard InChI is InChI=1S/C42H60N3.3BrH/c1-34-22-35(2)29-43(28-34)19-13-7-10-16-40-25-41(17-11-8-14-20-44-30-36(3)23-37(4)31-44)27-42(26-40)18-12-9-15-21-45-32-38(5)24-39(6)33-45;;;/h22-33H,7-21H2,1-6H3;3*1H/q+3;;;/p-3. The number of pyridine rings is 3. The molecule has 0 saturated heterocycles. The van der Waals surface area contributed by atoms with E-state index in [1.165, 1.54) is 110 Å². The van der Waals surface area contributed by atoms with Gasteiger partial charge >= 0.3 is 0 Å². The number of unbranched alkanes of at least 4 members (excludes halogenated alkanes) is 6. The van der Waals surface area contributed by atoms with Gasteiger partial charge in [0.25, 0.3) is 0 Å². The molecule has 48 heavy (non-hydrogen) atoms. The number of halogens is 3. The van der Waals surface area contributed by atoms with Gasteiger partial charge in [-0.2, -0.15) is 0 Å². The van der Waals surface area contributed by atoms with E-state index >= 15 is 0 Å². The molecule has 0 aliphatic carbocycles. The van der Waals surface area contributed by atoms with Crippen molar-refractivity contribution in [2.75, 3.05) is 0 Å². The van der Waals surface area contributed by atoms with Gasteiger partial charge in [0.15, 0.2) is 37.2 Å². The lowest BCUT2D eigenvalue weighted by atomic mass is 9.95. The van der Waals surface area contributed by atoms with Crippen LogP contribution in [0.1, 0.15) is 108 Å². The van der Waals surface area contributed by atoms with Crippen molar-refractivity contribution in [1.82, 2.24) is 0 Å². The highest BCUT2D eigenvalue weighted by molar-refractivity contribution is 5.31. The van der Waals surface area contributed by atoms with Crippen LogP contribution in [-0.2, 0) is 38.9 Å². The topological polar surface area (TPSA) is 11.6 Å². The zero-order chi connectivity index (χ0) is 32.0. The fourth-order valence-electron chi connectivity index (χ4n) is 7.04. The van der Waals surface area contributed by atoms with Crippen molar-refractivity contribution in [1.29, 1.82) is 0 Å². The third kappa shape index (κ3) is 16.7. The lowest BCUT2D eigenvalue weighted by molar-refractivity contribution is -0.698. The maximum absolute atomic E-state index is 2.53. The van der Waals surface area contributed by atoms with Crippen LogP contribution in [0.25, 0.3) is 0 Å². The minimum absolute atomic E-state index is 0. The SMILES string of the molecule is Cc1cc(C)c[n+](CCCCCc2cc(CCCCC[n+]3cc(C)cc(C)c3)cc(CCCCC[n+]3cc(C)cc(C)c3)c2)c1.[Br-].[Br-].[Br-]. The summed E-state index contributed by atoms with van der Waals surface area (Å²) in [6.45, 7) is 16.5. The second-order valence-electron chi connectivity index (χ2n) is 14.0. The number of benzene rings is 1. The summed E-state index contributed by atoms with van der Waals surface area (Å²) < 4.78 is 7.13. The van der Waals surface area contributed by atoms with Crippen LogP contribution in [0.15, 0.2) is 73.6 Å². The number of aromatic nitrogens is 3. The van der Waals surface area contributed by atoms with E-state index in [-0.39, 0.29) is 50.9 Å². The molecule has 3 nitrogen and oxygen atoms in total. The lowest BCUT2D eigenvalue weighted by Gasteiger charge is -2.11. The first-order chi connectivity index (χ1) is 21.7. The fraction of sp³-hybridized carbons (Fsp3) is 0.500. The molecule has 0 aliphatic heterocycles. The van der Waals surface area contributed by atoms with Crippen LogP contribution in [0.5, 0.6) is 0 Å². The van der Waals surface area contributed by atoms with Crippen LogP contribution in [0.3, 0.4) is 0 Å². The maximum Gasteiger partial charge on any atom is 0.171 e. The molecular formula is C42H60Br3N3. The van der Waals surface area contributed by atoms with Crippen LogP contribution >= 0.6 is 0 Å². The molecule has 0 N–H and O–H groups in total. The molecule has 6 heteroatoms. The molecular weight excluding hydrogens is 786 g/mol. The van der Waals surface area contributed by atoms with Crippen molar-refractivity contribution in [3.05, 3.63) is 124 Å². The van der Waals surface area contributed by atoms with Crippen LogP contribution in [-0.4, -0.2) is 0 Å². The third-order valence-corrected chi connectivity index (χ3v) is 8.84. The van der Waals surface area contributed by atoms with Crippen LogP contribution < -0.4 is 64.6 Å². The monoisotopic (exact) mass is 843 g/mol. The molecule has 264 valence electrons. The van der Waals surface area contributed by atoms with E-state index in [1.807, 2.05) is 0 Å². The molecule has 0 radical (unpaired) electrons. The maximum atomic E-state index is 2.53. The molecule has 0 saturated carbocycles. The van der Waals surface area contributed by atoms with Gasteiger partial charge in [-0.15, -0.1) is 0 Å². The number of rotatable bonds is 18. The second-order valence-corrected chi connectivity index (χ2v) is 14.0. The highest BCUT2D eigenvalue weighted by atomic mass is 79.9. The molecule has 4 aromatic rings. The Morgan fingerprint density at radius 1 is 0.312 bits per heavy atom. The van der Waals surface area contributed by atoms with Gasteiger partial charge in [0.05, 0.1) is 0 Å². The van der Waals surface area contributed by atoms with E-state index in [0.29, 0.717) is 0 Å². The first kappa shape index (κ1) is 44.1. The van der Waals surface area contributed by atoms with E-state index in [0.717, 1.165) is 19.6 Å². The molecule has 3 aromatic heterocycles. The summed E-state index contributed by atoms with van der Waals surface area (Å²) in [5.74, 6) is 0. The quantitative estimate of drug-likeness (QED) is 0.0961. The summed E-state index contributed by atoms with van der Waals surface area (Å²) in [7, 11) is 0. The summed E-state index contributed by atoms with van der Waals surface area (Å²) in [5.41, 5.74) is 12.8. The highest BCUT2D eigenvalue weighted by Gasteiger charge is 2.08.